The molecule has 0 saturated heterocycles. The zero-order chi connectivity index (χ0) is 14.5. The first kappa shape index (κ1) is 16.3. The lowest BCUT2D eigenvalue weighted by Gasteiger charge is -2.22. The Balaban J connectivity index is 2.32. The Morgan fingerprint density at radius 1 is 1.26 bits per heavy atom. The highest BCUT2D eigenvalue weighted by atomic mass is 19.4. The van der Waals surface area contributed by atoms with E-state index in [1.807, 2.05) is 5.32 Å². The molecule has 112 valence electrons. The lowest BCUT2D eigenvalue weighted by atomic mass is 10.0. The molecule has 3 unspecified atom stereocenters. The Kier molecular flexibility index (Phi) is 6.10. The summed E-state index contributed by atoms with van der Waals surface area (Å²) in [6, 6.07) is -0.350. The second kappa shape index (κ2) is 7.12. The van der Waals surface area contributed by atoms with Gasteiger partial charge in [0.25, 0.3) is 0 Å². The molecule has 1 amide bonds. The average molecular weight is 280 g/mol. The second-order valence-corrected chi connectivity index (χ2v) is 5.53. The summed E-state index contributed by atoms with van der Waals surface area (Å²) in [5.41, 5.74) is 0. The van der Waals surface area contributed by atoms with E-state index >= 15 is 0 Å². The monoisotopic (exact) mass is 280 g/mol. The van der Waals surface area contributed by atoms with E-state index < -0.39 is 24.7 Å². The van der Waals surface area contributed by atoms with Crippen molar-refractivity contribution in [1.82, 2.24) is 10.6 Å². The molecule has 0 spiro atoms. The molecule has 6 heteroatoms. The minimum absolute atomic E-state index is 0.233. The van der Waals surface area contributed by atoms with Gasteiger partial charge in [0.2, 0.25) is 5.91 Å². The molecular formula is C13H23F3N2O. The van der Waals surface area contributed by atoms with Crippen molar-refractivity contribution in [1.29, 1.82) is 0 Å². The third kappa shape index (κ3) is 6.80. The number of carbonyl (C=O) groups is 1. The van der Waals surface area contributed by atoms with Crippen LogP contribution in [0.1, 0.15) is 46.0 Å². The van der Waals surface area contributed by atoms with Crippen molar-refractivity contribution in [3.05, 3.63) is 0 Å². The van der Waals surface area contributed by atoms with Crippen molar-refractivity contribution in [2.24, 2.45) is 5.92 Å². The van der Waals surface area contributed by atoms with E-state index in [9.17, 15) is 18.0 Å². The quantitative estimate of drug-likeness (QED) is 0.777. The summed E-state index contributed by atoms with van der Waals surface area (Å²) in [6.45, 7) is 2.56. The maximum absolute atomic E-state index is 12.0. The lowest BCUT2D eigenvalue weighted by molar-refractivity contribution is -0.139. The maximum atomic E-state index is 12.0. The van der Waals surface area contributed by atoms with E-state index in [0.29, 0.717) is 5.92 Å². The van der Waals surface area contributed by atoms with Crippen molar-refractivity contribution >= 4 is 5.91 Å². The van der Waals surface area contributed by atoms with Gasteiger partial charge in [0.05, 0.1) is 6.04 Å². The molecule has 1 aliphatic rings. The highest BCUT2D eigenvalue weighted by Crippen LogP contribution is 2.22. The largest absolute Gasteiger partial charge is 0.405 e. The normalized spacial score (nSPS) is 26.6. The number of rotatable bonds is 4. The van der Waals surface area contributed by atoms with Crippen LogP contribution in [-0.4, -0.2) is 30.7 Å². The van der Waals surface area contributed by atoms with Crippen LogP contribution >= 0.6 is 0 Å². The van der Waals surface area contributed by atoms with Crippen molar-refractivity contribution in [3.8, 4) is 0 Å². The second-order valence-electron chi connectivity index (χ2n) is 5.53. The van der Waals surface area contributed by atoms with Crippen LogP contribution in [-0.2, 0) is 4.79 Å². The number of carbonyl (C=O) groups excluding carboxylic acids is 1. The van der Waals surface area contributed by atoms with Crippen molar-refractivity contribution in [2.75, 3.05) is 6.54 Å². The molecule has 0 aliphatic heterocycles. The summed E-state index contributed by atoms with van der Waals surface area (Å²) in [4.78, 5) is 11.5. The van der Waals surface area contributed by atoms with Gasteiger partial charge >= 0.3 is 6.18 Å². The van der Waals surface area contributed by atoms with Gasteiger partial charge in [-0.25, -0.2) is 0 Å². The minimum atomic E-state index is -4.35. The van der Waals surface area contributed by atoms with Crippen molar-refractivity contribution < 1.29 is 18.0 Å². The van der Waals surface area contributed by atoms with Gasteiger partial charge in [-0.3, -0.25) is 4.79 Å². The molecule has 1 aliphatic carbocycles. The van der Waals surface area contributed by atoms with E-state index in [1.165, 1.54) is 6.42 Å². The average Bonchev–Trinajstić information content (AvgIpc) is 2.50. The number of hydrogen-bond donors (Lipinski definition) is 2. The Morgan fingerprint density at radius 3 is 2.58 bits per heavy atom. The first-order valence-electron chi connectivity index (χ1n) is 6.88. The molecular weight excluding hydrogens is 257 g/mol. The summed E-state index contributed by atoms with van der Waals surface area (Å²) in [5.74, 6) is 0.107. The van der Waals surface area contributed by atoms with Crippen LogP contribution in [0.15, 0.2) is 0 Å². The molecule has 0 aromatic heterocycles. The molecule has 1 fully saturated rings. The molecule has 0 heterocycles. The number of amides is 1. The van der Waals surface area contributed by atoms with Crippen LogP contribution in [0.2, 0.25) is 0 Å². The van der Waals surface area contributed by atoms with E-state index in [1.54, 1.807) is 6.92 Å². The van der Waals surface area contributed by atoms with Crippen molar-refractivity contribution in [3.63, 3.8) is 0 Å². The molecule has 0 aromatic carbocycles. The lowest BCUT2D eigenvalue weighted by Crippen LogP contribution is -2.48. The predicted octanol–water partition coefficient (Wildman–Crippen LogP) is 2.61. The summed E-state index contributed by atoms with van der Waals surface area (Å²) in [5, 5.41) is 5.05. The summed E-state index contributed by atoms with van der Waals surface area (Å²) in [7, 11) is 0. The van der Waals surface area contributed by atoms with Crippen LogP contribution in [0.3, 0.4) is 0 Å². The van der Waals surface area contributed by atoms with Gasteiger partial charge in [0.1, 0.15) is 6.54 Å². The first-order valence-corrected chi connectivity index (χ1v) is 6.88. The zero-order valence-corrected chi connectivity index (χ0v) is 11.5. The molecule has 19 heavy (non-hydrogen) atoms. The number of alkyl halides is 3. The third-order valence-corrected chi connectivity index (χ3v) is 3.60. The van der Waals surface area contributed by atoms with Crippen LogP contribution in [0, 0.1) is 5.92 Å². The molecule has 3 atom stereocenters. The van der Waals surface area contributed by atoms with Crippen molar-refractivity contribution in [2.45, 2.75) is 64.2 Å². The van der Waals surface area contributed by atoms with E-state index in [2.05, 4.69) is 12.2 Å². The van der Waals surface area contributed by atoms with E-state index in [4.69, 9.17) is 0 Å². The highest BCUT2D eigenvalue weighted by molar-refractivity contribution is 5.81. The Bertz CT molecular complexity index is 294. The summed E-state index contributed by atoms with van der Waals surface area (Å²) in [6.07, 6.45) is 1.02. The van der Waals surface area contributed by atoms with Crippen LogP contribution < -0.4 is 10.6 Å². The Morgan fingerprint density at radius 2 is 1.95 bits per heavy atom. The highest BCUT2D eigenvalue weighted by Gasteiger charge is 2.29. The molecule has 0 radical (unpaired) electrons. The van der Waals surface area contributed by atoms with Crippen LogP contribution in [0.4, 0.5) is 13.2 Å². The maximum Gasteiger partial charge on any atom is 0.405 e. The third-order valence-electron chi connectivity index (χ3n) is 3.60. The summed E-state index contributed by atoms with van der Waals surface area (Å²) >= 11 is 0. The van der Waals surface area contributed by atoms with Gasteiger partial charge < -0.3 is 10.6 Å². The summed E-state index contributed by atoms with van der Waals surface area (Å²) < 4.78 is 36.0. The van der Waals surface area contributed by atoms with Gasteiger partial charge in [-0.2, -0.15) is 13.2 Å². The predicted molar refractivity (Wildman–Crippen MR) is 67.7 cm³/mol. The van der Waals surface area contributed by atoms with Gasteiger partial charge in [0.15, 0.2) is 0 Å². The smallest absolute Gasteiger partial charge is 0.346 e. The minimum Gasteiger partial charge on any atom is -0.346 e. The van der Waals surface area contributed by atoms with E-state index in [-0.39, 0.29) is 6.04 Å². The molecule has 2 N–H and O–H groups in total. The van der Waals surface area contributed by atoms with Gasteiger partial charge in [-0.15, -0.1) is 0 Å². The Labute approximate surface area is 112 Å². The zero-order valence-electron chi connectivity index (χ0n) is 11.5. The standard InChI is InChI=1S/C13H23F3N2O/c1-9-4-3-5-11(7-6-9)18-10(2)12(19)17-8-13(14,15)16/h9-11,18H,3-8H2,1-2H3,(H,17,19). The number of hydrogen-bond acceptors (Lipinski definition) is 2. The topological polar surface area (TPSA) is 41.1 Å². The van der Waals surface area contributed by atoms with Crippen LogP contribution in [0.25, 0.3) is 0 Å². The van der Waals surface area contributed by atoms with Gasteiger partial charge in [-0.05, 0) is 32.1 Å². The number of nitrogens with one attached hydrogen (secondary N) is 2. The first-order chi connectivity index (χ1) is 8.78. The fourth-order valence-electron chi connectivity index (χ4n) is 2.42. The molecule has 1 saturated carbocycles. The van der Waals surface area contributed by atoms with Gasteiger partial charge in [0, 0.05) is 6.04 Å². The fraction of sp³-hybridized carbons (Fsp3) is 0.923. The molecule has 1 rings (SSSR count). The SMILES string of the molecule is CC1CCCC(NC(C)C(=O)NCC(F)(F)F)CC1. The molecule has 0 aromatic rings. The van der Waals surface area contributed by atoms with Crippen LogP contribution in [0.5, 0.6) is 0 Å². The van der Waals surface area contributed by atoms with Gasteiger partial charge in [-0.1, -0.05) is 19.8 Å². The van der Waals surface area contributed by atoms with E-state index in [0.717, 1.165) is 25.7 Å². The number of halogens is 3. The Hall–Kier alpha value is -0.780. The molecule has 3 nitrogen and oxygen atoms in total. The molecule has 0 bridgehead atoms. The fourth-order valence-corrected chi connectivity index (χ4v) is 2.42.